The van der Waals surface area contributed by atoms with Gasteiger partial charge >= 0.3 is 5.97 Å². The first kappa shape index (κ1) is 49.1. The second-order valence-electron chi connectivity index (χ2n) is 14.7. The topological polar surface area (TPSA) is 95.9 Å². The van der Waals surface area contributed by atoms with Gasteiger partial charge in [0.25, 0.3) is 0 Å². The van der Waals surface area contributed by atoms with E-state index in [1.165, 1.54) is 96.3 Å². The number of ether oxygens (including phenoxy) is 1. The molecule has 0 aromatic rings. The number of nitrogens with one attached hydrogen (secondary N) is 1. The Morgan fingerprint density at radius 3 is 1.57 bits per heavy atom. The van der Waals surface area contributed by atoms with Crippen LogP contribution in [0.15, 0.2) is 36.5 Å². The van der Waals surface area contributed by atoms with Gasteiger partial charge in [-0.1, -0.05) is 166 Å². The molecule has 0 fully saturated rings. The van der Waals surface area contributed by atoms with Gasteiger partial charge in [-0.25, -0.2) is 0 Å². The quantitative estimate of drug-likeness (QED) is 0.0336. The van der Waals surface area contributed by atoms with Crippen molar-refractivity contribution in [3.63, 3.8) is 0 Å². The van der Waals surface area contributed by atoms with E-state index < -0.39 is 18.2 Å². The number of hydrogen-bond acceptors (Lipinski definition) is 5. The van der Waals surface area contributed by atoms with Gasteiger partial charge < -0.3 is 20.3 Å². The fraction of sp³-hybridized carbons (Fsp3) is 0.822. The highest BCUT2D eigenvalue weighted by atomic mass is 16.5. The Labute approximate surface area is 315 Å². The van der Waals surface area contributed by atoms with Crippen LogP contribution in [-0.4, -0.2) is 46.9 Å². The van der Waals surface area contributed by atoms with E-state index in [2.05, 4.69) is 56.5 Å². The zero-order chi connectivity index (χ0) is 37.5. The summed E-state index contributed by atoms with van der Waals surface area (Å²) in [6, 6.07) is -0.711. The summed E-state index contributed by atoms with van der Waals surface area (Å²) in [5, 5.41) is 23.5. The van der Waals surface area contributed by atoms with Gasteiger partial charge in [0.05, 0.1) is 25.2 Å². The van der Waals surface area contributed by atoms with Crippen LogP contribution in [0.25, 0.3) is 0 Å². The molecule has 0 aliphatic rings. The molecule has 298 valence electrons. The van der Waals surface area contributed by atoms with Gasteiger partial charge in [-0.05, 0) is 70.6 Å². The maximum Gasteiger partial charge on any atom is 0.306 e. The summed E-state index contributed by atoms with van der Waals surface area (Å²) < 4.78 is 5.83. The third-order valence-corrected chi connectivity index (χ3v) is 9.71. The third kappa shape index (κ3) is 34.9. The van der Waals surface area contributed by atoms with Crippen molar-refractivity contribution in [1.29, 1.82) is 0 Å². The van der Waals surface area contributed by atoms with Gasteiger partial charge in [-0.15, -0.1) is 0 Å². The molecule has 0 spiro atoms. The molecule has 0 radical (unpaired) electrons. The number of aliphatic hydroxyl groups excluding tert-OH is 2. The molecule has 1 amide bonds. The molecular formula is C45H83NO5. The lowest BCUT2D eigenvalue weighted by molar-refractivity contribution is -0.150. The summed E-state index contributed by atoms with van der Waals surface area (Å²) in [6.45, 7) is 6.38. The Morgan fingerprint density at radius 1 is 0.569 bits per heavy atom. The van der Waals surface area contributed by atoms with Crippen molar-refractivity contribution in [1.82, 2.24) is 5.32 Å². The molecule has 0 rings (SSSR count). The molecule has 3 atom stereocenters. The molecule has 0 bridgehead atoms. The Morgan fingerprint density at radius 2 is 1.00 bits per heavy atom. The van der Waals surface area contributed by atoms with Crippen LogP contribution in [0.4, 0.5) is 0 Å². The molecule has 0 aromatic carbocycles. The molecule has 0 heterocycles. The van der Waals surface area contributed by atoms with Gasteiger partial charge in [-0.3, -0.25) is 9.59 Å². The number of carbonyl (C=O) groups is 2. The Balaban J connectivity index is 4.68. The number of allylic oxidation sites excluding steroid dienone is 6. The van der Waals surface area contributed by atoms with Crippen molar-refractivity contribution < 1.29 is 24.5 Å². The van der Waals surface area contributed by atoms with E-state index in [0.717, 1.165) is 64.2 Å². The molecule has 51 heavy (non-hydrogen) atoms. The van der Waals surface area contributed by atoms with Crippen molar-refractivity contribution in [3.05, 3.63) is 36.5 Å². The highest BCUT2D eigenvalue weighted by molar-refractivity contribution is 5.77. The van der Waals surface area contributed by atoms with E-state index in [1.807, 2.05) is 6.08 Å². The molecule has 6 nitrogen and oxygen atoms in total. The van der Waals surface area contributed by atoms with E-state index in [4.69, 9.17) is 4.74 Å². The minimum absolute atomic E-state index is 0.0452. The number of amides is 1. The van der Waals surface area contributed by atoms with Crippen LogP contribution in [0.5, 0.6) is 0 Å². The molecule has 0 saturated carbocycles. The SMILES string of the molecule is CCCCC/C=C\CCCCCC(CC(=O)NC(CO)C(O)CCCCCCCCCCC)OC(=O)CC/C=C/C/C=C\CCCCCCCC. The average molecular weight is 718 g/mol. The van der Waals surface area contributed by atoms with Crippen LogP contribution in [0.1, 0.15) is 213 Å². The molecule has 3 unspecified atom stereocenters. The predicted molar refractivity (Wildman–Crippen MR) is 218 cm³/mol. The van der Waals surface area contributed by atoms with Gasteiger partial charge in [0.1, 0.15) is 6.10 Å². The molecule has 3 N–H and O–H groups in total. The number of carbonyl (C=O) groups excluding carboxylic acids is 2. The first-order chi connectivity index (χ1) is 25.0. The number of aliphatic hydroxyl groups is 2. The maximum atomic E-state index is 13.0. The molecule has 0 aromatic heterocycles. The lowest BCUT2D eigenvalue weighted by Gasteiger charge is -2.24. The predicted octanol–water partition coefficient (Wildman–Crippen LogP) is 12.2. The summed E-state index contributed by atoms with van der Waals surface area (Å²) in [7, 11) is 0. The molecule has 0 aliphatic heterocycles. The fourth-order valence-electron chi connectivity index (χ4n) is 6.36. The van der Waals surface area contributed by atoms with Crippen LogP contribution in [0.2, 0.25) is 0 Å². The zero-order valence-electron chi connectivity index (χ0n) is 33.7. The number of esters is 1. The van der Waals surface area contributed by atoms with Gasteiger partial charge in [-0.2, -0.15) is 0 Å². The first-order valence-corrected chi connectivity index (χ1v) is 21.7. The standard InChI is InChI=1S/C45H83NO5/c1-4-7-10-13-16-19-21-22-23-26-29-32-35-38-45(50)51-41(36-33-30-27-25-20-17-14-11-8-5-2)39-44(49)46-42(40-47)43(48)37-34-31-28-24-18-15-12-9-6-3/h17,20,22-23,29,32,41-43,47-48H,4-16,18-19,21,24-28,30-31,33-40H2,1-3H3,(H,46,49)/b20-17-,23-22-,32-29+. The Bertz CT molecular complexity index is 854. The average Bonchev–Trinajstić information content (AvgIpc) is 3.12. The second kappa shape index (κ2) is 39.3. The van der Waals surface area contributed by atoms with E-state index in [1.54, 1.807) is 0 Å². The van der Waals surface area contributed by atoms with Gasteiger partial charge in [0.15, 0.2) is 0 Å². The van der Waals surface area contributed by atoms with Crippen molar-refractivity contribution in [2.45, 2.75) is 232 Å². The van der Waals surface area contributed by atoms with E-state index in [0.29, 0.717) is 19.3 Å². The summed E-state index contributed by atoms with van der Waals surface area (Å²) in [4.78, 5) is 25.8. The lowest BCUT2D eigenvalue weighted by Crippen LogP contribution is -2.46. The van der Waals surface area contributed by atoms with Crippen LogP contribution in [0.3, 0.4) is 0 Å². The van der Waals surface area contributed by atoms with Crippen molar-refractivity contribution in [3.8, 4) is 0 Å². The molecule has 0 aliphatic carbocycles. The van der Waals surface area contributed by atoms with E-state index in [-0.39, 0.29) is 31.3 Å². The normalized spacial score (nSPS) is 13.7. The Kier molecular flexibility index (Phi) is 37.8. The third-order valence-electron chi connectivity index (χ3n) is 9.71. The fourth-order valence-corrected chi connectivity index (χ4v) is 6.36. The summed E-state index contributed by atoms with van der Waals surface area (Å²) in [6.07, 6.45) is 43.6. The van der Waals surface area contributed by atoms with Crippen LogP contribution < -0.4 is 5.32 Å². The van der Waals surface area contributed by atoms with Gasteiger partial charge in [0.2, 0.25) is 5.91 Å². The Hall–Kier alpha value is -1.92. The zero-order valence-corrected chi connectivity index (χ0v) is 33.7. The molecule has 0 saturated heterocycles. The number of rotatable bonds is 38. The second-order valence-corrected chi connectivity index (χ2v) is 14.7. The highest BCUT2D eigenvalue weighted by Crippen LogP contribution is 2.16. The van der Waals surface area contributed by atoms with Crippen molar-refractivity contribution in [2.24, 2.45) is 0 Å². The van der Waals surface area contributed by atoms with Crippen molar-refractivity contribution >= 4 is 11.9 Å². The smallest absolute Gasteiger partial charge is 0.306 e. The summed E-state index contributed by atoms with van der Waals surface area (Å²) >= 11 is 0. The van der Waals surface area contributed by atoms with E-state index in [9.17, 15) is 19.8 Å². The van der Waals surface area contributed by atoms with Crippen LogP contribution >= 0.6 is 0 Å². The van der Waals surface area contributed by atoms with Gasteiger partial charge in [0, 0.05) is 6.42 Å². The number of unbranched alkanes of at least 4 members (excludes halogenated alkanes) is 20. The lowest BCUT2D eigenvalue weighted by atomic mass is 10.0. The molecular weight excluding hydrogens is 634 g/mol. The van der Waals surface area contributed by atoms with Crippen molar-refractivity contribution in [2.75, 3.05) is 6.61 Å². The van der Waals surface area contributed by atoms with E-state index >= 15 is 0 Å². The minimum Gasteiger partial charge on any atom is -0.462 e. The first-order valence-electron chi connectivity index (χ1n) is 21.7. The molecule has 6 heteroatoms. The summed E-state index contributed by atoms with van der Waals surface area (Å²) in [5.74, 6) is -0.573. The van der Waals surface area contributed by atoms with Crippen LogP contribution in [0, 0.1) is 0 Å². The van der Waals surface area contributed by atoms with Crippen LogP contribution in [-0.2, 0) is 14.3 Å². The number of hydrogen-bond donors (Lipinski definition) is 3. The summed E-state index contributed by atoms with van der Waals surface area (Å²) in [5.41, 5.74) is 0. The highest BCUT2D eigenvalue weighted by Gasteiger charge is 2.23. The minimum atomic E-state index is -0.795. The largest absolute Gasteiger partial charge is 0.462 e. The maximum absolute atomic E-state index is 13.0. The monoisotopic (exact) mass is 718 g/mol.